The molecule has 1 aromatic carbocycles. The summed E-state index contributed by atoms with van der Waals surface area (Å²) in [6.45, 7) is 2.04. The van der Waals surface area contributed by atoms with E-state index in [0.717, 1.165) is 22.4 Å². The molecule has 1 aliphatic rings. The van der Waals surface area contributed by atoms with Gasteiger partial charge in [-0.1, -0.05) is 12.1 Å². The van der Waals surface area contributed by atoms with E-state index in [1.807, 2.05) is 37.3 Å². The van der Waals surface area contributed by atoms with Gasteiger partial charge in [-0.15, -0.1) is 0 Å². The lowest BCUT2D eigenvalue weighted by Gasteiger charge is -2.10. The highest BCUT2D eigenvalue weighted by Gasteiger charge is 2.23. The van der Waals surface area contributed by atoms with Crippen molar-refractivity contribution < 1.29 is 4.74 Å². The zero-order chi connectivity index (χ0) is 12.5. The average Bonchev–Trinajstić information content (AvgIpc) is 3.15. The van der Waals surface area contributed by atoms with Crippen LogP contribution in [0.3, 0.4) is 0 Å². The number of ether oxygens (including phenoxy) is 1. The number of nitrogens with zero attached hydrogens (tertiary/aromatic N) is 1. The summed E-state index contributed by atoms with van der Waals surface area (Å²) >= 11 is 0. The summed E-state index contributed by atoms with van der Waals surface area (Å²) in [7, 11) is 0. The van der Waals surface area contributed by atoms with Crippen LogP contribution in [0, 0.1) is 6.92 Å². The van der Waals surface area contributed by atoms with Crippen molar-refractivity contribution in [1.82, 2.24) is 4.98 Å². The summed E-state index contributed by atoms with van der Waals surface area (Å²) in [6.07, 6.45) is 4.52. The third-order valence-corrected chi connectivity index (χ3v) is 3.16. The predicted octanol–water partition coefficient (Wildman–Crippen LogP) is 3.18. The Morgan fingerprint density at radius 1 is 1.17 bits per heavy atom. The van der Waals surface area contributed by atoms with Gasteiger partial charge in [-0.3, -0.25) is 0 Å². The highest BCUT2D eigenvalue weighted by atomic mass is 16.5. The molecule has 0 atom stereocenters. The van der Waals surface area contributed by atoms with Gasteiger partial charge >= 0.3 is 0 Å². The van der Waals surface area contributed by atoms with Crippen molar-refractivity contribution in [2.75, 3.05) is 5.73 Å². The van der Waals surface area contributed by atoms with Gasteiger partial charge in [0.2, 0.25) is 0 Å². The van der Waals surface area contributed by atoms with Crippen LogP contribution < -0.4 is 10.5 Å². The fourth-order valence-electron chi connectivity index (χ4n) is 2.03. The van der Waals surface area contributed by atoms with Gasteiger partial charge in [0, 0.05) is 11.8 Å². The fraction of sp³-hybridized carbons (Fsp3) is 0.267. The Balaban J connectivity index is 1.91. The quantitative estimate of drug-likeness (QED) is 0.896. The Morgan fingerprint density at radius 2 is 1.89 bits per heavy atom. The van der Waals surface area contributed by atoms with Crippen molar-refractivity contribution in [2.24, 2.45) is 0 Å². The van der Waals surface area contributed by atoms with Crippen molar-refractivity contribution in [1.29, 1.82) is 0 Å². The van der Waals surface area contributed by atoms with Crippen molar-refractivity contribution in [3.8, 4) is 16.9 Å². The third-order valence-electron chi connectivity index (χ3n) is 3.16. The van der Waals surface area contributed by atoms with E-state index >= 15 is 0 Å². The number of hydrogen-bond donors (Lipinski definition) is 1. The number of nitrogens with two attached hydrogens (primary N) is 1. The van der Waals surface area contributed by atoms with Crippen LogP contribution in [0.2, 0.25) is 0 Å². The fourth-order valence-corrected chi connectivity index (χ4v) is 2.03. The number of benzene rings is 1. The molecule has 1 fully saturated rings. The number of anilines is 1. The Hall–Kier alpha value is -2.03. The monoisotopic (exact) mass is 240 g/mol. The number of aryl methyl sites for hydroxylation is 1. The molecular formula is C15H16N2O. The van der Waals surface area contributed by atoms with Crippen molar-refractivity contribution in [3.05, 3.63) is 42.1 Å². The third kappa shape index (κ3) is 2.16. The summed E-state index contributed by atoms with van der Waals surface area (Å²) in [5, 5.41) is 0. The minimum Gasteiger partial charge on any atom is -0.490 e. The van der Waals surface area contributed by atoms with Crippen LogP contribution in [-0.4, -0.2) is 11.1 Å². The number of aromatic nitrogens is 1. The van der Waals surface area contributed by atoms with Gasteiger partial charge in [-0.05, 0) is 49.1 Å². The minimum absolute atomic E-state index is 0.432. The summed E-state index contributed by atoms with van der Waals surface area (Å²) in [4.78, 5) is 4.14. The Kier molecular flexibility index (Phi) is 2.67. The van der Waals surface area contributed by atoms with Gasteiger partial charge in [0.05, 0.1) is 6.10 Å². The lowest BCUT2D eigenvalue weighted by Crippen LogP contribution is -1.97. The highest BCUT2D eigenvalue weighted by Crippen LogP contribution is 2.31. The van der Waals surface area contributed by atoms with E-state index in [9.17, 15) is 0 Å². The molecule has 0 spiro atoms. The van der Waals surface area contributed by atoms with Crippen LogP contribution in [0.5, 0.6) is 5.75 Å². The molecule has 2 aromatic rings. The smallest absolute Gasteiger partial charge is 0.131 e. The molecule has 18 heavy (non-hydrogen) atoms. The second kappa shape index (κ2) is 4.33. The molecule has 3 rings (SSSR count). The van der Waals surface area contributed by atoms with E-state index in [2.05, 4.69) is 4.98 Å². The molecule has 0 aliphatic heterocycles. The molecule has 1 heterocycles. The molecule has 3 nitrogen and oxygen atoms in total. The molecular weight excluding hydrogens is 224 g/mol. The minimum atomic E-state index is 0.432. The first-order chi connectivity index (χ1) is 8.74. The summed E-state index contributed by atoms with van der Waals surface area (Å²) in [5.74, 6) is 1.51. The van der Waals surface area contributed by atoms with Gasteiger partial charge in [0.1, 0.15) is 11.6 Å². The molecule has 1 saturated carbocycles. The molecule has 1 aliphatic carbocycles. The second-order valence-electron chi connectivity index (χ2n) is 4.73. The van der Waals surface area contributed by atoms with Gasteiger partial charge in [0.15, 0.2) is 0 Å². The number of hydrogen-bond acceptors (Lipinski definition) is 3. The lowest BCUT2D eigenvalue weighted by molar-refractivity contribution is 0.303. The molecule has 0 unspecified atom stereocenters. The zero-order valence-corrected chi connectivity index (χ0v) is 10.4. The molecule has 2 N–H and O–H groups in total. The second-order valence-corrected chi connectivity index (χ2v) is 4.73. The first-order valence-electron chi connectivity index (χ1n) is 6.22. The standard InChI is InChI=1S/C15H16N2O/c1-10-8-9-17-15(16)14(10)11-2-4-12(5-3-11)18-13-6-7-13/h2-5,8-9,13H,6-7H2,1H3,(H2,16,17). The van der Waals surface area contributed by atoms with Crippen LogP contribution >= 0.6 is 0 Å². The van der Waals surface area contributed by atoms with E-state index < -0.39 is 0 Å². The Labute approximate surface area is 107 Å². The van der Waals surface area contributed by atoms with E-state index in [-0.39, 0.29) is 0 Å². The van der Waals surface area contributed by atoms with Crippen molar-refractivity contribution in [2.45, 2.75) is 25.9 Å². The van der Waals surface area contributed by atoms with Crippen LogP contribution in [0.4, 0.5) is 5.82 Å². The summed E-state index contributed by atoms with van der Waals surface area (Å²) in [6, 6.07) is 10.1. The molecule has 0 amide bonds. The maximum atomic E-state index is 5.94. The molecule has 0 radical (unpaired) electrons. The normalized spacial score (nSPS) is 14.5. The Morgan fingerprint density at radius 3 is 2.50 bits per heavy atom. The maximum Gasteiger partial charge on any atom is 0.131 e. The van der Waals surface area contributed by atoms with Gasteiger partial charge < -0.3 is 10.5 Å². The zero-order valence-electron chi connectivity index (χ0n) is 10.4. The highest BCUT2D eigenvalue weighted by molar-refractivity contribution is 5.76. The number of rotatable bonds is 3. The van der Waals surface area contributed by atoms with Crippen LogP contribution in [0.25, 0.3) is 11.1 Å². The van der Waals surface area contributed by atoms with Gasteiger partial charge in [-0.2, -0.15) is 0 Å². The largest absolute Gasteiger partial charge is 0.490 e. The molecule has 92 valence electrons. The predicted molar refractivity (Wildman–Crippen MR) is 72.5 cm³/mol. The van der Waals surface area contributed by atoms with E-state index in [1.54, 1.807) is 6.20 Å². The summed E-state index contributed by atoms with van der Waals surface area (Å²) < 4.78 is 5.73. The maximum absolute atomic E-state index is 5.94. The van der Waals surface area contributed by atoms with Crippen molar-refractivity contribution in [3.63, 3.8) is 0 Å². The molecule has 0 bridgehead atoms. The van der Waals surface area contributed by atoms with Gasteiger partial charge in [0.25, 0.3) is 0 Å². The Bertz CT molecular complexity index is 539. The van der Waals surface area contributed by atoms with Crippen LogP contribution in [0.15, 0.2) is 36.5 Å². The topological polar surface area (TPSA) is 48.1 Å². The molecule has 0 saturated heterocycles. The SMILES string of the molecule is Cc1ccnc(N)c1-c1ccc(OC2CC2)cc1. The first-order valence-corrected chi connectivity index (χ1v) is 6.22. The van der Waals surface area contributed by atoms with E-state index in [4.69, 9.17) is 10.5 Å². The average molecular weight is 240 g/mol. The molecule has 3 heteroatoms. The molecule has 1 aromatic heterocycles. The van der Waals surface area contributed by atoms with E-state index in [1.165, 1.54) is 12.8 Å². The summed E-state index contributed by atoms with van der Waals surface area (Å²) in [5.41, 5.74) is 9.17. The number of nitrogen functional groups attached to an aromatic ring is 1. The van der Waals surface area contributed by atoms with E-state index in [0.29, 0.717) is 11.9 Å². The van der Waals surface area contributed by atoms with Crippen LogP contribution in [-0.2, 0) is 0 Å². The first kappa shape index (κ1) is 11.1. The lowest BCUT2D eigenvalue weighted by atomic mass is 10.0. The van der Waals surface area contributed by atoms with Crippen molar-refractivity contribution >= 4 is 5.82 Å². The number of pyridine rings is 1. The van der Waals surface area contributed by atoms with Gasteiger partial charge in [-0.25, -0.2) is 4.98 Å². The van der Waals surface area contributed by atoms with Crippen LogP contribution in [0.1, 0.15) is 18.4 Å².